The molecule has 3 atom stereocenters. The largest absolute Gasteiger partial charge is 0.460 e. The molecule has 1 aromatic heterocycles. The molecule has 1 aliphatic heterocycles. The number of amides is 1. The summed E-state index contributed by atoms with van der Waals surface area (Å²) in [4.78, 5) is 29.2. The van der Waals surface area contributed by atoms with Crippen LogP contribution in [0.5, 0.6) is 0 Å². The average molecular weight is 512 g/mol. The van der Waals surface area contributed by atoms with Crippen LogP contribution in [0.15, 0.2) is 36.4 Å². The van der Waals surface area contributed by atoms with Crippen molar-refractivity contribution in [1.82, 2.24) is 4.90 Å². The zero-order chi connectivity index (χ0) is 24.3. The predicted molar refractivity (Wildman–Crippen MR) is 133 cm³/mol. The van der Waals surface area contributed by atoms with E-state index in [1.54, 1.807) is 26.8 Å². The van der Waals surface area contributed by atoms with E-state index in [1.165, 1.54) is 11.3 Å². The van der Waals surface area contributed by atoms with Gasteiger partial charge in [-0.05, 0) is 63.4 Å². The van der Waals surface area contributed by atoms with Gasteiger partial charge < -0.3 is 14.4 Å². The number of hydrogen-bond donors (Lipinski definition) is 0. The lowest BCUT2D eigenvalue weighted by Gasteiger charge is -2.47. The summed E-state index contributed by atoms with van der Waals surface area (Å²) in [5, 5.41) is 0.578. The number of carbonyl (C=O) groups is 2. The Morgan fingerprint density at radius 2 is 1.88 bits per heavy atom. The van der Waals surface area contributed by atoms with Gasteiger partial charge in [-0.15, -0.1) is 11.3 Å². The van der Waals surface area contributed by atoms with Gasteiger partial charge in [0.05, 0.1) is 16.8 Å². The Kier molecular flexibility index (Phi) is 8.49. The fraction of sp³-hybridized carbons (Fsp3) is 0.520. The summed E-state index contributed by atoms with van der Waals surface area (Å²) >= 11 is 14.0. The number of rotatable bonds is 7. The number of ether oxygens (including phenoxy) is 2. The van der Waals surface area contributed by atoms with Crippen LogP contribution in [0.4, 0.5) is 0 Å². The minimum absolute atomic E-state index is 0.0184. The third-order valence-electron chi connectivity index (χ3n) is 5.60. The quantitative estimate of drug-likeness (QED) is 0.376. The molecule has 0 spiro atoms. The number of morpholine rings is 1. The predicted octanol–water partition coefficient (Wildman–Crippen LogP) is 6.99. The van der Waals surface area contributed by atoms with Crippen LogP contribution in [0.25, 0.3) is 0 Å². The number of carbonyl (C=O) groups excluding carboxylic acids is 2. The van der Waals surface area contributed by atoms with Crippen LogP contribution in [0, 0.1) is 0 Å². The molecule has 1 saturated heterocycles. The molecule has 0 N–H and O–H groups in total. The lowest BCUT2D eigenvalue weighted by molar-refractivity contribution is -0.186. The molecule has 1 aromatic carbocycles. The standard InChI is InChI=1S/C25H31Cl2NO4S/c1-6-17(7-2)28-22(19-11-12-20(27)33-19)23(15-9-8-10-16(26)13-15)31-18(24(28)30)14-21(29)32-25(3,4)5/h8-13,17-18,22-23H,6-7,14H2,1-5H3/t18-,22?,23?/m0/s1. The number of halogens is 2. The smallest absolute Gasteiger partial charge is 0.309 e. The van der Waals surface area contributed by atoms with E-state index in [2.05, 4.69) is 13.8 Å². The van der Waals surface area contributed by atoms with Crippen LogP contribution in [0.1, 0.15) is 76.5 Å². The second-order valence-electron chi connectivity index (χ2n) is 9.19. The molecule has 3 rings (SSSR count). The summed E-state index contributed by atoms with van der Waals surface area (Å²) in [6.07, 6.45) is -0.0550. The van der Waals surface area contributed by atoms with E-state index in [1.807, 2.05) is 35.2 Å². The highest BCUT2D eigenvalue weighted by atomic mass is 35.5. The van der Waals surface area contributed by atoms with Gasteiger partial charge in [0.15, 0.2) is 0 Å². The van der Waals surface area contributed by atoms with Crippen molar-refractivity contribution in [3.63, 3.8) is 0 Å². The zero-order valence-corrected chi connectivity index (χ0v) is 22.0. The van der Waals surface area contributed by atoms with Gasteiger partial charge >= 0.3 is 5.97 Å². The highest BCUT2D eigenvalue weighted by molar-refractivity contribution is 7.16. The highest BCUT2D eigenvalue weighted by Crippen LogP contribution is 2.47. The molecule has 8 heteroatoms. The molecule has 0 radical (unpaired) electrons. The van der Waals surface area contributed by atoms with Gasteiger partial charge in [0.25, 0.3) is 5.91 Å². The molecule has 0 aliphatic carbocycles. The molecule has 0 saturated carbocycles. The summed E-state index contributed by atoms with van der Waals surface area (Å²) in [6, 6.07) is 10.8. The van der Waals surface area contributed by atoms with E-state index in [0.29, 0.717) is 9.36 Å². The Bertz CT molecular complexity index is 983. The molecule has 5 nitrogen and oxygen atoms in total. The van der Waals surface area contributed by atoms with E-state index in [-0.39, 0.29) is 24.4 Å². The van der Waals surface area contributed by atoms with E-state index < -0.39 is 23.8 Å². The number of nitrogens with zero attached hydrogens (tertiary/aromatic N) is 1. The summed E-state index contributed by atoms with van der Waals surface area (Å²) in [5.41, 5.74) is 0.196. The molecule has 1 amide bonds. The zero-order valence-electron chi connectivity index (χ0n) is 19.6. The van der Waals surface area contributed by atoms with Crippen molar-refractivity contribution in [1.29, 1.82) is 0 Å². The molecule has 2 unspecified atom stereocenters. The van der Waals surface area contributed by atoms with Gasteiger partial charge in [0, 0.05) is 15.9 Å². The van der Waals surface area contributed by atoms with Crippen LogP contribution in [-0.4, -0.2) is 34.5 Å². The molecule has 180 valence electrons. The second-order valence-corrected chi connectivity index (χ2v) is 11.4. The summed E-state index contributed by atoms with van der Waals surface area (Å²) in [6.45, 7) is 9.53. The van der Waals surface area contributed by atoms with E-state index in [9.17, 15) is 9.59 Å². The minimum Gasteiger partial charge on any atom is -0.460 e. The van der Waals surface area contributed by atoms with E-state index in [4.69, 9.17) is 32.7 Å². The minimum atomic E-state index is -0.948. The number of hydrogen-bond acceptors (Lipinski definition) is 5. The monoisotopic (exact) mass is 511 g/mol. The van der Waals surface area contributed by atoms with Gasteiger partial charge in [0.1, 0.15) is 17.8 Å². The SMILES string of the molecule is CCC(CC)N1C(=O)[C@H](CC(=O)OC(C)(C)C)OC(c2cccc(Cl)c2)C1c1ccc(Cl)s1. The van der Waals surface area contributed by atoms with Crippen molar-refractivity contribution in [2.75, 3.05) is 0 Å². The fourth-order valence-corrected chi connectivity index (χ4v) is 5.62. The molecule has 0 bridgehead atoms. The normalized spacial score (nSPS) is 21.5. The lowest BCUT2D eigenvalue weighted by atomic mass is 9.92. The average Bonchev–Trinajstić information content (AvgIpc) is 3.15. The van der Waals surface area contributed by atoms with Crippen LogP contribution in [0.3, 0.4) is 0 Å². The maximum Gasteiger partial charge on any atom is 0.309 e. The lowest BCUT2D eigenvalue weighted by Crippen LogP contribution is -2.55. The topological polar surface area (TPSA) is 55.8 Å². The van der Waals surface area contributed by atoms with Gasteiger partial charge in [-0.2, -0.15) is 0 Å². The molecule has 2 heterocycles. The molecular formula is C25H31Cl2NO4S. The first-order valence-corrected chi connectivity index (χ1v) is 12.8. The Morgan fingerprint density at radius 3 is 2.42 bits per heavy atom. The number of esters is 1. The first-order valence-electron chi connectivity index (χ1n) is 11.2. The van der Waals surface area contributed by atoms with Crippen LogP contribution in [-0.2, 0) is 19.1 Å². The first-order chi connectivity index (χ1) is 15.5. The molecular weight excluding hydrogens is 481 g/mol. The van der Waals surface area contributed by atoms with Gasteiger partial charge in [-0.3, -0.25) is 9.59 Å². The number of thiophene rings is 1. The van der Waals surface area contributed by atoms with Crippen molar-refractivity contribution < 1.29 is 19.1 Å². The molecule has 1 fully saturated rings. The van der Waals surface area contributed by atoms with Crippen LogP contribution >= 0.6 is 34.5 Å². The van der Waals surface area contributed by atoms with Crippen molar-refractivity contribution >= 4 is 46.4 Å². The summed E-state index contributed by atoms with van der Waals surface area (Å²) in [5.74, 6) is -0.671. The Labute approximate surface area is 210 Å². The van der Waals surface area contributed by atoms with Crippen molar-refractivity contribution in [3.05, 3.63) is 56.2 Å². The van der Waals surface area contributed by atoms with Gasteiger partial charge in [-0.1, -0.05) is 49.2 Å². The van der Waals surface area contributed by atoms with Crippen molar-refractivity contribution in [2.45, 2.75) is 83.8 Å². The summed E-state index contributed by atoms with van der Waals surface area (Å²) < 4.78 is 12.5. The second kappa shape index (κ2) is 10.8. The molecule has 1 aliphatic rings. The summed E-state index contributed by atoms with van der Waals surface area (Å²) in [7, 11) is 0. The molecule has 2 aromatic rings. The Balaban J connectivity index is 2.07. The Morgan fingerprint density at radius 1 is 1.18 bits per heavy atom. The van der Waals surface area contributed by atoms with E-state index >= 15 is 0 Å². The first kappa shape index (κ1) is 26.0. The van der Waals surface area contributed by atoms with E-state index in [0.717, 1.165) is 23.3 Å². The highest BCUT2D eigenvalue weighted by Gasteiger charge is 2.47. The van der Waals surface area contributed by atoms with Crippen molar-refractivity contribution in [2.24, 2.45) is 0 Å². The van der Waals surface area contributed by atoms with Crippen LogP contribution in [0.2, 0.25) is 9.36 Å². The third kappa shape index (κ3) is 6.30. The third-order valence-corrected chi connectivity index (χ3v) is 7.13. The molecule has 33 heavy (non-hydrogen) atoms. The van der Waals surface area contributed by atoms with Crippen molar-refractivity contribution in [3.8, 4) is 0 Å². The Hall–Kier alpha value is -1.60. The fourth-order valence-electron chi connectivity index (χ4n) is 4.24. The maximum atomic E-state index is 13.8. The van der Waals surface area contributed by atoms with Gasteiger partial charge in [0.2, 0.25) is 0 Å². The maximum absolute atomic E-state index is 13.8. The van der Waals surface area contributed by atoms with Gasteiger partial charge in [-0.25, -0.2) is 0 Å². The number of benzene rings is 1. The van der Waals surface area contributed by atoms with Crippen LogP contribution < -0.4 is 0 Å².